The van der Waals surface area contributed by atoms with E-state index in [0.717, 1.165) is 5.69 Å². The van der Waals surface area contributed by atoms with Crippen LogP contribution >= 0.6 is 11.6 Å². The first-order chi connectivity index (χ1) is 10.2. The molecule has 0 saturated heterocycles. The summed E-state index contributed by atoms with van der Waals surface area (Å²) in [5, 5.41) is 1.19. The zero-order chi connectivity index (χ0) is 15.0. The molecule has 1 fully saturated rings. The third-order valence-corrected chi connectivity index (χ3v) is 4.59. The van der Waals surface area contributed by atoms with Crippen LogP contribution in [0.4, 0.5) is 5.69 Å². The Labute approximate surface area is 129 Å². The Balaban J connectivity index is 2.25. The Morgan fingerprint density at radius 2 is 1.81 bits per heavy atom. The summed E-state index contributed by atoms with van der Waals surface area (Å²) in [6.07, 6.45) is 4.85. The van der Waals surface area contributed by atoms with Crippen molar-refractivity contribution in [1.82, 2.24) is 4.98 Å². The Bertz CT molecular complexity index is 682. The number of ether oxygens (including phenoxy) is 2. The molecule has 4 nitrogen and oxygen atoms in total. The van der Waals surface area contributed by atoms with Crippen molar-refractivity contribution in [1.29, 1.82) is 0 Å². The van der Waals surface area contributed by atoms with Crippen LogP contribution in [0.1, 0.15) is 37.3 Å². The molecule has 0 unspecified atom stereocenters. The minimum Gasteiger partial charge on any atom is -0.495 e. The number of benzene rings is 1. The predicted molar refractivity (Wildman–Crippen MR) is 85.5 cm³/mol. The van der Waals surface area contributed by atoms with Crippen molar-refractivity contribution in [3.63, 3.8) is 0 Å². The highest BCUT2D eigenvalue weighted by atomic mass is 35.5. The van der Waals surface area contributed by atoms with Crippen molar-refractivity contribution in [2.45, 2.75) is 31.6 Å². The summed E-state index contributed by atoms with van der Waals surface area (Å²) < 4.78 is 10.7. The van der Waals surface area contributed by atoms with Gasteiger partial charge in [0, 0.05) is 28.8 Å². The standard InChI is InChI=1S/C16H19ClN2O2/c1-20-12-8-13(21-2)16-14(15(12)17)10(18)7-11(19-16)9-5-3-4-6-9/h7-9H,3-6H2,1-2H3,(H2,18,19). The molecule has 21 heavy (non-hydrogen) atoms. The summed E-state index contributed by atoms with van der Waals surface area (Å²) in [5.74, 6) is 1.67. The number of aromatic nitrogens is 1. The molecule has 3 rings (SSSR count). The number of nitrogen functional groups attached to an aromatic ring is 1. The van der Waals surface area contributed by atoms with E-state index in [1.54, 1.807) is 20.3 Å². The highest BCUT2D eigenvalue weighted by Gasteiger charge is 2.22. The summed E-state index contributed by atoms with van der Waals surface area (Å²) in [7, 11) is 3.19. The number of nitrogens with two attached hydrogens (primary N) is 1. The zero-order valence-electron chi connectivity index (χ0n) is 12.3. The van der Waals surface area contributed by atoms with Crippen LogP contribution in [0.15, 0.2) is 12.1 Å². The van der Waals surface area contributed by atoms with Gasteiger partial charge >= 0.3 is 0 Å². The number of pyridine rings is 1. The second kappa shape index (κ2) is 5.60. The maximum atomic E-state index is 6.39. The van der Waals surface area contributed by atoms with Gasteiger partial charge in [-0.15, -0.1) is 0 Å². The van der Waals surface area contributed by atoms with E-state index < -0.39 is 0 Å². The quantitative estimate of drug-likeness (QED) is 0.925. The molecule has 1 saturated carbocycles. The molecule has 1 aromatic heterocycles. The summed E-state index contributed by atoms with van der Waals surface area (Å²) in [6.45, 7) is 0. The lowest BCUT2D eigenvalue weighted by atomic mass is 10.0. The molecule has 0 amide bonds. The molecule has 1 aliphatic rings. The normalized spacial score (nSPS) is 15.6. The van der Waals surface area contributed by atoms with E-state index in [1.807, 2.05) is 6.07 Å². The molecule has 2 N–H and O–H groups in total. The number of nitrogens with zero attached hydrogens (tertiary/aromatic N) is 1. The number of fused-ring (bicyclic) bond motifs is 1. The summed E-state index contributed by atoms with van der Waals surface area (Å²) in [5.41, 5.74) is 8.62. The molecule has 0 aliphatic heterocycles. The van der Waals surface area contributed by atoms with Crippen LogP contribution in [0, 0.1) is 0 Å². The maximum Gasteiger partial charge on any atom is 0.148 e. The molecule has 1 heterocycles. The van der Waals surface area contributed by atoms with E-state index in [4.69, 9.17) is 31.8 Å². The molecule has 0 bridgehead atoms. The first-order valence-electron chi connectivity index (χ1n) is 7.16. The van der Waals surface area contributed by atoms with Crippen LogP contribution < -0.4 is 15.2 Å². The van der Waals surface area contributed by atoms with E-state index >= 15 is 0 Å². The highest BCUT2D eigenvalue weighted by molar-refractivity contribution is 6.38. The van der Waals surface area contributed by atoms with E-state index in [9.17, 15) is 0 Å². The molecule has 0 radical (unpaired) electrons. The lowest BCUT2D eigenvalue weighted by Gasteiger charge is -2.16. The summed E-state index contributed by atoms with van der Waals surface area (Å²) >= 11 is 6.39. The third kappa shape index (κ3) is 2.38. The van der Waals surface area contributed by atoms with Crippen LogP contribution in [0.3, 0.4) is 0 Å². The summed E-state index contributed by atoms with van der Waals surface area (Å²) in [4.78, 5) is 4.78. The Kier molecular flexibility index (Phi) is 3.81. The van der Waals surface area contributed by atoms with E-state index in [0.29, 0.717) is 39.0 Å². The van der Waals surface area contributed by atoms with Gasteiger partial charge in [0.05, 0.1) is 19.2 Å². The fourth-order valence-corrected chi connectivity index (χ4v) is 3.43. The smallest absolute Gasteiger partial charge is 0.148 e. The fraction of sp³-hybridized carbons (Fsp3) is 0.438. The van der Waals surface area contributed by atoms with Crippen LogP contribution in [0.25, 0.3) is 10.9 Å². The van der Waals surface area contributed by atoms with Gasteiger partial charge in [-0.25, -0.2) is 4.98 Å². The molecule has 0 atom stereocenters. The number of rotatable bonds is 3. The zero-order valence-corrected chi connectivity index (χ0v) is 13.0. The average molecular weight is 307 g/mol. The predicted octanol–water partition coefficient (Wildman–Crippen LogP) is 4.15. The monoisotopic (exact) mass is 306 g/mol. The molecule has 0 spiro atoms. The van der Waals surface area contributed by atoms with Crippen molar-refractivity contribution >= 4 is 28.2 Å². The van der Waals surface area contributed by atoms with Gasteiger partial charge in [-0.3, -0.25) is 0 Å². The second-order valence-electron chi connectivity index (χ2n) is 5.44. The molecule has 1 aromatic carbocycles. The van der Waals surface area contributed by atoms with Crippen LogP contribution in [-0.2, 0) is 0 Å². The summed E-state index contributed by atoms with van der Waals surface area (Å²) in [6, 6.07) is 3.71. The highest BCUT2D eigenvalue weighted by Crippen LogP contribution is 2.43. The molecule has 112 valence electrons. The van der Waals surface area contributed by atoms with Gasteiger partial charge in [-0.1, -0.05) is 24.4 Å². The Hall–Kier alpha value is -1.68. The van der Waals surface area contributed by atoms with E-state index in [2.05, 4.69) is 0 Å². The molecule has 1 aliphatic carbocycles. The minimum atomic E-state index is 0.483. The van der Waals surface area contributed by atoms with Crippen LogP contribution in [-0.4, -0.2) is 19.2 Å². The number of hydrogen-bond acceptors (Lipinski definition) is 4. The van der Waals surface area contributed by atoms with Crippen LogP contribution in [0.5, 0.6) is 11.5 Å². The Morgan fingerprint density at radius 1 is 1.14 bits per heavy atom. The van der Waals surface area contributed by atoms with E-state index in [-0.39, 0.29) is 0 Å². The van der Waals surface area contributed by atoms with Crippen molar-refractivity contribution in [3.05, 3.63) is 22.8 Å². The van der Waals surface area contributed by atoms with Crippen molar-refractivity contribution in [3.8, 4) is 11.5 Å². The van der Waals surface area contributed by atoms with Crippen LogP contribution in [0.2, 0.25) is 5.02 Å². The number of methoxy groups -OCH3 is 2. The minimum absolute atomic E-state index is 0.483. The van der Waals surface area contributed by atoms with Gasteiger partial charge in [0.2, 0.25) is 0 Å². The molecular formula is C16H19ClN2O2. The first kappa shape index (κ1) is 14.3. The third-order valence-electron chi connectivity index (χ3n) is 4.21. The van der Waals surface area contributed by atoms with Gasteiger partial charge in [0.25, 0.3) is 0 Å². The van der Waals surface area contributed by atoms with Gasteiger partial charge in [-0.05, 0) is 18.9 Å². The maximum absolute atomic E-state index is 6.39. The number of hydrogen-bond donors (Lipinski definition) is 1. The lowest BCUT2D eigenvalue weighted by molar-refractivity contribution is 0.397. The van der Waals surface area contributed by atoms with Gasteiger partial charge in [-0.2, -0.15) is 0 Å². The number of halogens is 1. The first-order valence-corrected chi connectivity index (χ1v) is 7.54. The molecule has 2 aromatic rings. The Morgan fingerprint density at radius 3 is 2.43 bits per heavy atom. The average Bonchev–Trinajstić information content (AvgIpc) is 3.01. The van der Waals surface area contributed by atoms with Gasteiger partial charge < -0.3 is 15.2 Å². The van der Waals surface area contributed by atoms with Gasteiger partial charge in [0.1, 0.15) is 17.0 Å². The number of anilines is 1. The molecule has 5 heteroatoms. The van der Waals surface area contributed by atoms with E-state index in [1.165, 1.54) is 25.7 Å². The largest absolute Gasteiger partial charge is 0.495 e. The van der Waals surface area contributed by atoms with Crippen molar-refractivity contribution < 1.29 is 9.47 Å². The SMILES string of the molecule is COc1cc(OC)c2nc(C3CCCC3)cc(N)c2c1Cl. The van der Waals surface area contributed by atoms with Crippen molar-refractivity contribution in [2.75, 3.05) is 20.0 Å². The molecular weight excluding hydrogens is 288 g/mol. The van der Waals surface area contributed by atoms with Gasteiger partial charge in [0.15, 0.2) is 0 Å². The lowest BCUT2D eigenvalue weighted by Crippen LogP contribution is -2.02. The topological polar surface area (TPSA) is 57.4 Å². The van der Waals surface area contributed by atoms with Crippen molar-refractivity contribution in [2.24, 2.45) is 0 Å². The second-order valence-corrected chi connectivity index (χ2v) is 5.81. The fourth-order valence-electron chi connectivity index (χ4n) is 3.10.